The molecule has 0 spiro atoms. The predicted octanol–water partition coefficient (Wildman–Crippen LogP) is 3.92. The van der Waals surface area contributed by atoms with Crippen molar-refractivity contribution in [3.05, 3.63) is 71.4 Å². The zero-order valence-corrected chi connectivity index (χ0v) is 12.2. The third-order valence-electron chi connectivity index (χ3n) is 3.48. The highest BCUT2D eigenvalue weighted by molar-refractivity contribution is 6.03. The maximum Gasteiger partial charge on any atom is 0.273 e. The minimum atomic E-state index is -0.431. The van der Waals surface area contributed by atoms with Crippen molar-refractivity contribution < 1.29 is 13.6 Å². The van der Waals surface area contributed by atoms with Crippen LogP contribution in [0.25, 0.3) is 11.3 Å². The van der Waals surface area contributed by atoms with E-state index in [1.807, 2.05) is 0 Å². The zero-order chi connectivity index (χ0) is 16.4. The highest BCUT2D eigenvalue weighted by Crippen LogP contribution is 2.20. The van der Waals surface area contributed by atoms with Gasteiger partial charge in [-0.2, -0.15) is 5.10 Å². The van der Waals surface area contributed by atoms with Gasteiger partial charge in [0.15, 0.2) is 0 Å². The minimum Gasteiger partial charge on any atom is -0.320 e. The Bertz CT molecular complexity index is 857. The van der Waals surface area contributed by atoms with E-state index in [4.69, 9.17) is 0 Å². The average Bonchev–Trinajstić information content (AvgIpc) is 3.02. The predicted molar refractivity (Wildman–Crippen MR) is 83.1 cm³/mol. The number of aromatic nitrogens is 2. The Hall–Kier alpha value is -3.02. The summed E-state index contributed by atoms with van der Waals surface area (Å²) in [5.74, 6) is -1.16. The van der Waals surface area contributed by atoms with Crippen molar-refractivity contribution in [2.75, 3.05) is 5.32 Å². The van der Waals surface area contributed by atoms with Crippen molar-refractivity contribution in [1.29, 1.82) is 0 Å². The van der Waals surface area contributed by atoms with Crippen LogP contribution in [-0.4, -0.2) is 16.1 Å². The van der Waals surface area contributed by atoms with Gasteiger partial charge in [-0.05, 0) is 49.4 Å². The lowest BCUT2D eigenvalue weighted by Crippen LogP contribution is -2.13. The number of hydrogen-bond donors (Lipinski definition) is 2. The van der Waals surface area contributed by atoms with E-state index < -0.39 is 5.91 Å². The molecule has 2 aromatic carbocycles. The Balaban J connectivity index is 1.81. The summed E-state index contributed by atoms with van der Waals surface area (Å²) in [6.45, 7) is 1.59. The van der Waals surface area contributed by atoms with Crippen LogP contribution in [0.2, 0.25) is 0 Å². The standard InChI is InChI=1S/C17H13F2N3O/c1-10-13(19)3-2-4-14(10)20-17(23)16-9-15(21-22-16)11-5-7-12(18)8-6-11/h2-9H,1H3,(H,20,23)(H,21,22). The lowest BCUT2D eigenvalue weighted by Gasteiger charge is -2.07. The number of benzene rings is 2. The van der Waals surface area contributed by atoms with E-state index in [2.05, 4.69) is 15.5 Å². The number of hydrogen-bond acceptors (Lipinski definition) is 2. The molecule has 0 aliphatic carbocycles. The van der Waals surface area contributed by atoms with E-state index in [-0.39, 0.29) is 17.3 Å². The highest BCUT2D eigenvalue weighted by atomic mass is 19.1. The van der Waals surface area contributed by atoms with Crippen molar-refractivity contribution in [3.63, 3.8) is 0 Å². The summed E-state index contributed by atoms with van der Waals surface area (Å²) < 4.78 is 26.4. The lowest BCUT2D eigenvalue weighted by atomic mass is 10.1. The largest absolute Gasteiger partial charge is 0.320 e. The number of carbonyl (C=O) groups is 1. The Morgan fingerprint density at radius 3 is 2.61 bits per heavy atom. The Morgan fingerprint density at radius 1 is 1.13 bits per heavy atom. The molecular weight excluding hydrogens is 300 g/mol. The van der Waals surface area contributed by atoms with Crippen LogP contribution in [0.3, 0.4) is 0 Å². The zero-order valence-electron chi connectivity index (χ0n) is 12.2. The minimum absolute atomic E-state index is 0.230. The van der Waals surface area contributed by atoms with E-state index >= 15 is 0 Å². The summed E-state index contributed by atoms with van der Waals surface area (Å²) >= 11 is 0. The normalized spacial score (nSPS) is 10.6. The monoisotopic (exact) mass is 313 g/mol. The molecule has 0 atom stereocenters. The smallest absolute Gasteiger partial charge is 0.273 e. The van der Waals surface area contributed by atoms with E-state index in [0.29, 0.717) is 22.5 Å². The van der Waals surface area contributed by atoms with Crippen LogP contribution < -0.4 is 5.32 Å². The number of nitrogens with zero attached hydrogens (tertiary/aromatic N) is 1. The molecule has 0 saturated heterocycles. The molecule has 3 aromatic rings. The molecule has 0 saturated carbocycles. The van der Waals surface area contributed by atoms with Crippen LogP contribution in [0.15, 0.2) is 48.5 Å². The van der Waals surface area contributed by atoms with Gasteiger partial charge in [-0.3, -0.25) is 9.89 Å². The van der Waals surface area contributed by atoms with Crippen LogP contribution in [0, 0.1) is 18.6 Å². The second-order valence-corrected chi connectivity index (χ2v) is 5.04. The molecule has 0 aliphatic rings. The number of amides is 1. The summed E-state index contributed by atoms with van der Waals surface area (Å²) in [5, 5.41) is 9.29. The third kappa shape index (κ3) is 3.11. The average molecular weight is 313 g/mol. The van der Waals surface area contributed by atoms with Crippen molar-refractivity contribution in [2.45, 2.75) is 6.92 Å². The molecule has 1 heterocycles. The first-order chi connectivity index (χ1) is 11.0. The number of carbonyl (C=O) groups excluding carboxylic acids is 1. The quantitative estimate of drug-likeness (QED) is 0.770. The fourth-order valence-corrected chi connectivity index (χ4v) is 2.14. The number of anilines is 1. The van der Waals surface area contributed by atoms with E-state index in [9.17, 15) is 13.6 Å². The van der Waals surface area contributed by atoms with Crippen LogP contribution in [0.1, 0.15) is 16.1 Å². The summed E-state index contributed by atoms with van der Waals surface area (Å²) in [6.07, 6.45) is 0. The van der Waals surface area contributed by atoms with E-state index in [1.165, 1.54) is 24.3 Å². The highest BCUT2D eigenvalue weighted by Gasteiger charge is 2.13. The van der Waals surface area contributed by atoms with Gasteiger partial charge in [0, 0.05) is 16.8 Å². The van der Waals surface area contributed by atoms with Gasteiger partial charge in [-0.25, -0.2) is 8.78 Å². The number of nitrogens with one attached hydrogen (secondary N) is 2. The first-order valence-electron chi connectivity index (χ1n) is 6.92. The molecule has 3 rings (SSSR count). The molecule has 0 bridgehead atoms. The topological polar surface area (TPSA) is 57.8 Å². The van der Waals surface area contributed by atoms with Gasteiger partial charge in [0.1, 0.15) is 17.3 Å². The maximum atomic E-state index is 13.5. The molecule has 6 heteroatoms. The van der Waals surface area contributed by atoms with Crippen molar-refractivity contribution in [2.24, 2.45) is 0 Å². The van der Waals surface area contributed by atoms with Crippen LogP contribution in [-0.2, 0) is 0 Å². The molecule has 2 N–H and O–H groups in total. The molecule has 116 valence electrons. The molecule has 23 heavy (non-hydrogen) atoms. The fraction of sp³-hybridized carbons (Fsp3) is 0.0588. The van der Waals surface area contributed by atoms with Crippen LogP contribution in [0.5, 0.6) is 0 Å². The second kappa shape index (κ2) is 6.00. The second-order valence-electron chi connectivity index (χ2n) is 5.04. The van der Waals surface area contributed by atoms with Gasteiger partial charge >= 0.3 is 0 Å². The molecule has 1 amide bonds. The third-order valence-corrected chi connectivity index (χ3v) is 3.48. The van der Waals surface area contributed by atoms with E-state index in [0.717, 1.165) is 0 Å². The van der Waals surface area contributed by atoms with Crippen LogP contribution in [0.4, 0.5) is 14.5 Å². The first-order valence-corrected chi connectivity index (χ1v) is 6.92. The SMILES string of the molecule is Cc1c(F)cccc1NC(=O)c1cc(-c2ccc(F)cc2)n[nH]1. The Kier molecular flexibility index (Phi) is 3.89. The maximum absolute atomic E-state index is 13.5. The lowest BCUT2D eigenvalue weighted by molar-refractivity contribution is 0.102. The number of H-pyrrole nitrogens is 1. The van der Waals surface area contributed by atoms with Crippen molar-refractivity contribution >= 4 is 11.6 Å². The molecule has 0 fully saturated rings. The fourth-order valence-electron chi connectivity index (χ4n) is 2.14. The number of halogens is 2. The number of aromatic amines is 1. The van der Waals surface area contributed by atoms with Gasteiger partial charge in [0.05, 0.1) is 5.69 Å². The van der Waals surface area contributed by atoms with Gasteiger partial charge in [-0.15, -0.1) is 0 Å². The van der Waals surface area contributed by atoms with E-state index in [1.54, 1.807) is 31.2 Å². The summed E-state index contributed by atoms with van der Waals surface area (Å²) in [4.78, 5) is 12.2. The first kappa shape index (κ1) is 14.9. The molecular formula is C17H13F2N3O. The Labute approximate surface area is 131 Å². The van der Waals surface area contributed by atoms with Gasteiger partial charge in [0.25, 0.3) is 5.91 Å². The van der Waals surface area contributed by atoms with Crippen molar-refractivity contribution in [1.82, 2.24) is 10.2 Å². The van der Waals surface area contributed by atoms with Gasteiger partial charge in [0.2, 0.25) is 0 Å². The van der Waals surface area contributed by atoms with Gasteiger partial charge in [-0.1, -0.05) is 6.07 Å². The summed E-state index contributed by atoms with van der Waals surface area (Å²) in [7, 11) is 0. The summed E-state index contributed by atoms with van der Waals surface area (Å²) in [5.41, 5.74) is 2.19. The molecule has 0 unspecified atom stereocenters. The molecule has 4 nitrogen and oxygen atoms in total. The number of rotatable bonds is 3. The Morgan fingerprint density at radius 2 is 1.87 bits per heavy atom. The molecule has 0 aliphatic heterocycles. The summed E-state index contributed by atoms with van der Waals surface area (Å²) in [6, 6.07) is 11.8. The van der Waals surface area contributed by atoms with Gasteiger partial charge < -0.3 is 5.32 Å². The molecule has 0 radical (unpaired) electrons. The molecule has 1 aromatic heterocycles. The van der Waals surface area contributed by atoms with Crippen LogP contribution >= 0.6 is 0 Å². The van der Waals surface area contributed by atoms with Crippen molar-refractivity contribution in [3.8, 4) is 11.3 Å².